The molecule has 3 atom stereocenters. The topological polar surface area (TPSA) is 113 Å². The number of nitriles is 1. The van der Waals surface area contributed by atoms with Gasteiger partial charge in [-0.1, -0.05) is 13.8 Å². The molecule has 11 nitrogen and oxygen atoms in total. The molecule has 36 heavy (non-hydrogen) atoms. The normalized spacial score (nSPS) is 19.7. The number of rotatable bonds is 6. The Morgan fingerprint density at radius 1 is 1.11 bits per heavy atom. The van der Waals surface area contributed by atoms with Crippen LogP contribution in [0.4, 0.5) is 5.82 Å². The van der Waals surface area contributed by atoms with Gasteiger partial charge in [-0.25, -0.2) is 14.3 Å². The number of imidazole rings is 1. The molecule has 0 aliphatic carbocycles. The van der Waals surface area contributed by atoms with E-state index in [2.05, 4.69) is 57.8 Å². The summed E-state index contributed by atoms with van der Waals surface area (Å²) in [7, 11) is 1.69. The number of aryl methyl sites for hydroxylation is 2. The Labute approximate surface area is 209 Å². The minimum atomic E-state index is -0.319. The summed E-state index contributed by atoms with van der Waals surface area (Å²) >= 11 is 0. The molecule has 0 saturated carbocycles. The molecular formula is C25H32N10O. The molecule has 1 aliphatic rings. The highest BCUT2D eigenvalue weighted by molar-refractivity contribution is 5.85. The van der Waals surface area contributed by atoms with Crippen molar-refractivity contribution in [3.8, 4) is 6.07 Å². The van der Waals surface area contributed by atoms with Crippen LogP contribution in [0.3, 0.4) is 0 Å². The summed E-state index contributed by atoms with van der Waals surface area (Å²) in [6.07, 6.45) is 5.54. The predicted octanol–water partition coefficient (Wildman–Crippen LogP) is 2.45. The van der Waals surface area contributed by atoms with Gasteiger partial charge in [0.05, 0.1) is 41.4 Å². The van der Waals surface area contributed by atoms with Crippen LogP contribution in [0.15, 0.2) is 29.3 Å². The average Bonchev–Trinajstić information content (AvgIpc) is 3.47. The van der Waals surface area contributed by atoms with Crippen LogP contribution in [0.2, 0.25) is 0 Å². The molecule has 5 heterocycles. The van der Waals surface area contributed by atoms with E-state index in [9.17, 15) is 4.79 Å². The van der Waals surface area contributed by atoms with E-state index in [1.54, 1.807) is 17.9 Å². The third-order valence-corrected chi connectivity index (χ3v) is 7.38. The predicted molar refractivity (Wildman–Crippen MR) is 137 cm³/mol. The maximum atomic E-state index is 12.8. The van der Waals surface area contributed by atoms with E-state index in [-0.39, 0.29) is 30.4 Å². The monoisotopic (exact) mass is 488 g/mol. The number of aromatic nitrogens is 7. The molecular weight excluding hydrogens is 456 g/mol. The first-order valence-electron chi connectivity index (χ1n) is 12.5. The summed E-state index contributed by atoms with van der Waals surface area (Å²) in [5.74, 6) is 0.607. The van der Waals surface area contributed by atoms with Crippen LogP contribution in [0.5, 0.6) is 0 Å². The first-order chi connectivity index (χ1) is 17.3. The van der Waals surface area contributed by atoms with Crippen molar-refractivity contribution in [2.24, 2.45) is 7.05 Å². The first kappa shape index (κ1) is 23.9. The largest absolute Gasteiger partial charge is 0.349 e. The van der Waals surface area contributed by atoms with Gasteiger partial charge in [-0.15, -0.1) is 0 Å². The smallest absolute Gasteiger partial charge is 0.349 e. The number of hydrogen-bond donors (Lipinski definition) is 0. The van der Waals surface area contributed by atoms with E-state index >= 15 is 0 Å². The average molecular weight is 489 g/mol. The van der Waals surface area contributed by atoms with Gasteiger partial charge in [0, 0.05) is 32.2 Å². The van der Waals surface area contributed by atoms with Crippen LogP contribution >= 0.6 is 0 Å². The molecule has 0 amide bonds. The molecule has 4 aromatic rings. The fourth-order valence-corrected chi connectivity index (χ4v) is 5.32. The Bertz CT molecular complexity index is 1510. The number of anilines is 1. The van der Waals surface area contributed by atoms with Crippen molar-refractivity contribution in [3.63, 3.8) is 0 Å². The van der Waals surface area contributed by atoms with Gasteiger partial charge < -0.3 is 4.90 Å². The van der Waals surface area contributed by atoms with Crippen molar-refractivity contribution >= 4 is 22.5 Å². The lowest BCUT2D eigenvalue weighted by molar-refractivity contribution is 0.0981. The highest BCUT2D eigenvalue weighted by Crippen LogP contribution is 2.33. The molecule has 1 fully saturated rings. The Kier molecular flexibility index (Phi) is 6.22. The summed E-state index contributed by atoms with van der Waals surface area (Å²) < 4.78 is 4.93. The minimum absolute atomic E-state index is 0.115. The zero-order chi connectivity index (χ0) is 25.6. The van der Waals surface area contributed by atoms with Crippen LogP contribution in [0.1, 0.15) is 51.0 Å². The van der Waals surface area contributed by atoms with E-state index in [1.807, 2.05) is 23.7 Å². The SMILES string of the molecule is CC[C@H]1CN([C@@H](C)c2ccc3nc(C)cn3n2)[C@H](CC)CN1c1nc(=O)n(C)c2cn(CC#N)nc12. The number of piperazine rings is 1. The molecule has 1 aliphatic heterocycles. The van der Waals surface area contributed by atoms with Crippen molar-refractivity contribution in [1.29, 1.82) is 5.26 Å². The van der Waals surface area contributed by atoms with Gasteiger partial charge in [0.1, 0.15) is 6.54 Å². The van der Waals surface area contributed by atoms with E-state index in [0.717, 1.165) is 43.0 Å². The second-order valence-corrected chi connectivity index (χ2v) is 9.59. The fraction of sp³-hybridized carbons (Fsp3) is 0.520. The van der Waals surface area contributed by atoms with Gasteiger partial charge in [-0.05, 0) is 38.8 Å². The Hall–Kier alpha value is -3.78. The van der Waals surface area contributed by atoms with Gasteiger partial charge >= 0.3 is 5.69 Å². The summed E-state index contributed by atoms with van der Waals surface area (Å²) in [4.78, 5) is 26.5. The molecule has 5 rings (SSSR count). The Morgan fingerprint density at radius 2 is 1.89 bits per heavy atom. The van der Waals surface area contributed by atoms with E-state index in [0.29, 0.717) is 16.9 Å². The fourth-order valence-electron chi connectivity index (χ4n) is 5.32. The maximum Gasteiger partial charge on any atom is 0.349 e. The van der Waals surface area contributed by atoms with Crippen LogP contribution in [-0.4, -0.2) is 64.0 Å². The second-order valence-electron chi connectivity index (χ2n) is 9.59. The molecule has 0 radical (unpaired) electrons. The summed E-state index contributed by atoms with van der Waals surface area (Å²) in [6, 6.07) is 6.73. The van der Waals surface area contributed by atoms with Crippen LogP contribution in [0, 0.1) is 18.3 Å². The van der Waals surface area contributed by atoms with E-state index in [1.165, 1.54) is 4.57 Å². The Balaban J connectivity index is 1.50. The highest BCUT2D eigenvalue weighted by Gasteiger charge is 2.37. The summed E-state index contributed by atoms with van der Waals surface area (Å²) in [5.41, 5.74) is 3.83. The summed E-state index contributed by atoms with van der Waals surface area (Å²) in [6.45, 7) is 10.2. The van der Waals surface area contributed by atoms with Gasteiger partial charge in [-0.3, -0.25) is 14.1 Å². The van der Waals surface area contributed by atoms with Crippen LogP contribution in [-0.2, 0) is 13.6 Å². The lowest BCUT2D eigenvalue weighted by atomic mass is 9.99. The molecule has 0 N–H and O–H groups in total. The van der Waals surface area contributed by atoms with Gasteiger partial charge in [0.15, 0.2) is 17.0 Å². The van der Waals surface area contributed by atoms with Crippen molar-refractivity contribution in [3.05, 3.63) is 46.4 Å². The number of hydrogen-bond acceptors (Lipinski definition) is 8. The molecule has 1 saturated heterocycles. The third kappa shape index (κ3) is 4.01. The lowest BCUT2D eigenvalue weighted by Crippen LogP contribution is -2.59. The van der Waals surface area contributed by atoms with Crippen molar-refractivity contribution in [2.45, 2.75) is 65.2 Å². The standard InChI is InChI=1S/C25H32N10O/c1-6-18-14-34(24-23-21(31(5)25(36)28-24)15-32(30-23)11-10-26)19(7-2)13-33(18)17(4)20-8-9-22-27-16(3)12-35(22)29-20/h8-9,12,15,17-19H,6-7,11,13-14H2,1-5H3/t17-,18+,19-/m0/s1. The van der Waals surface area contributed by atoms with Crippen molar-refractivity contribution < 1.29 is 0 Å². The molecule has 0 spiro atoms. The zero-order valence-corrected chi connectivity index (χ0v) is 21.5. The molecule has 4 aromatic heterocycles. The summed E-state index contributed by atoms with van der Waals surface area (Å²) in [5, 5.41) is 18.6. The van der Waals surface area contributed by atoms with Crippen LogP contribution < -0.4 is 10.6 Å². The molecule has 11 heteroatoms. The highest BCUT2D eigenvalue weighted by atomic mass is 16.1. The van der Waals surface area contributed by atoms with Crippen molar-refractivity contribution in [2.75, 3.05) is 18.0 Å². The first-order valence-corrected chi connectivity index (χ1v) is 12.5. The van der Waals surface area contributed by atoms with E-state index < -0.39 is 0 Å². The lowest BCUT2D eigenvalue weighted by Gasteiger charge is -2.48. The second kappa shape index (κ2) is 9.35. The maximum absolute atomic E-state index is 12.8. The number of fused-ring (bicyclic) bond motifs is 2. The van der Waals surface area contributed by atoms with Gasteiger partial charge in [-0.2, -0.15) is 20.4 Å². The molecule has 188 valence electrons. The molecule has 0 bridgehead atoms. The van der Waals surface area contributed by atoms with Crippen molar-refractivity contribution in [1.82, 2.24) is 38.8 Å². The minimum Gasteiger partial charge on any atom is -0.349 e. The van der Waals surface area contributed by atoms with E-state index in [4.69, 9.17) is 10.4 Å². The third-order valence-electron chi connectivity index (χ3n) is 7.38. The quantitative estimate of drug-likeness (QED) is 0.407. The molecule has 0 aromatic carbocycles. The molecule has 0 unspecified atom stereocenters. The number of nitrogens with zero attached hydrogens (tertiary/aromatic N) is 10. The Morgan fingerprint density at radius 3 is 2.61 bits per heavy atom. The zero-order valence-electron chi connectivity index (χ0n) is 21.5. The van der Waals surface area contributed by atoms with Crippen LogP contribution in [0.25, 0.3) is 16.7 Å². The van der Waals surface area contributed by atoms with Gasteiger partial charge in [0.2, 0.25) is 0 Å². The van der Waals surface area contributed by atoms with Gasteiger partial charge in [0.25, 0.3) is 0 Å².